The number of carbonyl (C=O) groups is 1. The summed E-state index contributed by atoms with van der Waals surface area (Å²) in [6, 6.07) is 2.49. The number of ether oxygens (including phenoxy) is 1. The molecule has 1 aliphatic rings. The fraction of sp³-hybridized carbons (Fsp3) is 0.0909. The minimum atomic E-state index is -0.743. The van der Waals surface area contributed by atoms with Gasteiger partial charge < -0.3 is 15.2 Å². The molecular weight excluding hydrogens is 286 g/mol. The van der Waals surface area contributed by atoms with Crippen LogP contribution in [0.2, 0.25) is 0 Å². The molecule has 0 aliphatic carbocycles. The van der Waals surface area contributed by atoms with Crippen molar-refractivity contribution in [2.45, 2.75) is 0 Å². The lowest BCUT2D eigenvalue weighted by atomic mass is 10.1. The summed E-state index contributed by atoms with van der Waals surface area (Å²) in [4.78, 5) is 21.6. The van der Waals surface area contributed by atoms with Crippen LogP contribution in [-0.2, 0) is 4.79 Å². The molecule has 0 bridgehead atoms. The Morgan fingerprint density at radius 2 is 2.15 bits per heavy atom. The van der Waals surface area contributed by atoms with Crippen molar-refractivity contribution in [2.75, 3.05) is 7.11 Å². The van der Waals surface area contributed by atoms with Gasteiger partial charge in [-0.1, -0.05) is 0 Å². The van der Waals surface area contributed by atoms with Gasteiger partial charge in [-0.2, -0.15) is 0 Å². The highest BCUT2D eigenvalue weighted by atomic mass is 32.1. The van der Waals surface area contributed by atoms with Crippen molar-refractivity contribution in [2.24, 2.45) is 0 Å². The maximum Gasteiger partial charge on any atom is 0.315 e. The Balaban J connectivity index is 2.50. The molecule has 1 amide bonds. The molecule has 104 valence electrons. The molecule has 0 aromatic heterocycles. The predicted octanol–water partition coefficient (Wildman–Crippen LogP) is 0.654. The van der Waals surface area contributed by atoms with Gasteiger partial charge in [0.25, 0.3) is 5.91 Å². The molecule has 1 aliphatic heterocycles. The van der Waals surface area contributed by atoms with Gasteiger partial charge in [0.15, 0.2) is 10.9 Å². The molecule has 20 heavy (non-hydrogen) atoms. The second-order valence-corrected chi connectivity index (χ2v) is 4.22. The third-order valence-electron chi connectivity index (χ3n) is 2.52. The second-order valence-electron chi connectivity index (χ2n) is 3.81. The molecule has 0 atom stereocenters. The topological polar surface area (TPSA) is 114 Å². The Labute approximate surface area is 118 Å². The van der Waals surface area contributed by atoms with Gasteiger partial charge in [0.05, 0.1) is 12.0 Å². The minimum Gasteiger partial charge on any atom is -0.500 e. The standard InChI is InChI=1S/C11H9N3O5S/c1-19-8-4-5(3-7(9(8)15)14(17)18)2-6-10(16)13-11(20)12-6/h2-4,15H,1H3,(H2,12,13,16,20). The van der Waals surface area contributed by atoms with E-state index in [0.29, 0.717) is 5.56 Å². The lowest BCUT2D eigenvalue weighted by molar-refractivity contribution is -0.386. The molecule has 2 rings (SSSR count). The number of hydrogen-bond acceptors (Lipinski definition) is 6. The van der Waals surface area contributed by atoms with E-state index in [1.807, 2.05) is 0 Å². The molecule has 1 saturated heterocycles. The molecule has 9 heteroatoms. The van der Waals surface area contributed by atoms with Crippen LogP contribution in [0.5, 0.6) is 11.5 Å². The van der Waals surface area contributed by atoms with E-state index in [4.69, 9.17) is 17.0 Å². The quantitative estimate of drug-likeness (QED) is 0.325. The first-order valence-electron chi connectivity index (χ1n) is 5.32. The first kappa shape index (κ1) is 13.7. The van der Waals surface area contributed by atoms with Gasteiger partial charge in [-0.05, 0) is 29.9 Å². The Hall–Kier alpha value is -2.68. The first-order valence-corrected chi connectivity index (χ1v) is 5.72. The van der Waals surface area contributed by atoms with E-state index >= 15 is 0 Å². The lowest BCUT2D eigenvalue weighted by Crippen LogP contribution is -2.21. The summed E-state index contributed by atoms with van der Waals surface area (Å²) in [6.45, 7) is 0. The van der Waals surface area contributed by atoms with Gasteiger partial charge >= 0.3 is 5.69 Å². The molecule has 1 heterocycles. The van der Waals surface area contributed by atoms with E-state index < -0.39 is 22.3 Å². The van der Waals surface area contributed by atoms with E-state index in [2.05, 4.69) is 10.6 Å². The van der Waals surface area contributed by atoms with Crippen molar-refractivity contribution < 1.29 is 19.6 Å². The molecule has 1 aromatic carbocycles. The number of amides is 1. The van der Waals surface area contributed by atoms with Crippen LogP contribution >= 0.6 is 12.2 Å². The van der Waals surface area contributed by atoms with Crippen LogP contribution in [-0.4, -0.2) is 28.2 Å². The second kappa shape index (κ2) is 5.13. The van der Waals surface area contributed by atoms with Crippen LogP contribution in [0.25, 0.3) is 6.08 Å². The maximum absolute atomic E-state index is 11.5. The predicted molar refractivity (Wildman–Crippen MR) is 73.2 cm³/mol. The number of hydrogen-bond donors (Lipinski definition) is 3. The average Bonchev–Trinajstić information content (AvgIpc) is 2.69. The number of methoxy groups -OCH3 is 1. The Bertz CT molecular complexity index is 656. The van der Waals surface area contributed by atoms with E-state index in [1.54, 1.807) is 0 Å². The molecule has 0 unspecified atom stereocenters. The largest absolute Gasteiger partial charge is 0.500 e. The fourth-order valence-electron chi connectivity index (χ4n) is 1.64. The van der Waals surface area contributed by atoms with Gasteiger partial charge in [0.1, 0.15) is 5.70 Å². The number of phenols is 1. The third kappa shape index (κ3) is 2.52. The van der Waals surface area contributed by atoms with Crippen molar-refractivity contribution in [1.29, 1.82) is 0 Å². The van der Waals surface area contributed by atoms with Crippen molar-refractivity contribution in [3.05, 3.63) is 33.5 Å². The highest BCUT2D eigenvalue weighted by Crippen LogP contribution is 2.37. The summed E-state index contributed by atoms with van der Waals surface area (Å²) < 4.78 is 4.86. The normalized spacial score (nSPS) is 15.9. The average molecular weight is 295 g/mol. The first-order chi connectivity index (χ1) is 9.42. The Morgan fingerprint density at radius 1 is 1.45 bits per heavy atom. The number of nitrogens with zero attached hydrogens (tertiary/aromatic N) is 1. The number of carbonyl (C=O) groups excluding carboxylic acids is 1. The number of phenolic OH excluding ortho intramolecular Hbond substituents is 1. The molecule has 1 aromatic rings. The molecule has 0 radical (unpaired) electrons. The van der Waals surface area contributed by atoms with Crippen LogP contribution < -0.4 is 15.4 Å². The smallest absolute Gasteiger partial charge is 0.315 e. The zero-order valence-electron chi connectivity index (χ0n) is 10.2. The number of rotatable bonds is 3. The van der Waals surface area contributed by atoms with E-state index in [9.17, 15) is 20.0 Å². The number of nitro benzene ring substituents is 1. The summed E-state index contributed by atoms with van der Waals surface area (Å²) >= 11 is 4.77. The van der Waals surface area contributed by atoms with Crippen LogP contribution in [0, 0.1) is 10.1 Å². The molecular formula is C11H9N3O5S. The van der Waals surface area contributed by atoms with Gasteiger partial charge in [-0.25, -0.2) is 0 Å². The van der Waals surface area contributed by atoms with Crippen molar-refractivity contribution in [3.63, 3.8) is 0 Å². The zero-order chi connectivity index (χ0) is 14.9. The molecule has 3 N–H and O–H groups in total. The van der Waals surface area contributed by atoms with Gasteiger partial charge in [0, 0.05) is 6.07 Å². The molecule has 8 nitrogen and oxygen atoms in total. The third-order valence-corrected chi connectivity index (χ3v) is 2.73. The number of nitro groups is 1. The van der Waals surface area contributed by atoms with Crippen LogP contribution in [0.4, 0.5) is 5.69 Å². The van der Waals surface area contributed by atoms with E-state index in [0.717, 1.165) is 6.07 Å². The van der Waals surface area contributed by atoms with Gasteiger partial charge in [0.2, 0.25) is 5.75 Å². The molecule has 1 fully saturated rings. The minimum absolute atomic E-state index is 0.0629. The van der Waals surface area contributed by atoms with Crippen molar-refractivity contribution in [1.82, 2.24) is 10.6 Å². The van der Waals surface area contributed by atoms with E-state index in [1.165, 1.54) is 19.3 Å². The Morgan fingerprint density at radius 3 is 2.65 bits per heavy atom. The monoisotopic (exact) mass is 295 g/mol. The van der Waals surface area contributed by atoms with Crippen molar-refractivity contribution in [3.8, 4) is 11.5 Å². The zero-order valence-corrected chi connectivity index (χ0v) is 11.0. The van der Waals surface area contributed by atoms with E-state index in [-0.39, 0.29) is 16.6 Å². The van der Waals surface area contributed by atoms with Gasteiger partial charge in [-0.3, -0.25) is 20.2 Å². The molecule has 0 saturated carbocycles. The summed E-state index contributed by atoms with van der Waals surface area (Å²) in [5, 5.41) is 25.6. The van der Waals surface area contributed by atoms with Gasteiger partial charge in [-0.15, -0.1) is 0 Å². The summed E-state index contributed by atoms with van der Waals surface area (Å²) in [7, 11) is 1.27. The highest BCUT2D eigenvalue weighted by Gasteiger charge is 2.23. The highest BCUT2D eigenvalue weighted by molar-refractivity contribution is 7.80. The van der Waals surface area contributed by atoms with Crippen LogP contribution in [0.1, 0.15) is 5.56 Å². The summed E-state index contributed by atoms with van der Waals surface area (Å²) in [6.07, 6.45) is 1.36. The number of benzene rings is 1. The summed E-state index contributed by atoms with van der Waals surface area (Å²) in [5.41, 5.74) is -0.0528. The van der Waals surface area contributed by atoms with Crippen LogP contribution in [0.3, 0.4) is 0 Å². The number of nitrogens with one attached hydrogen (secondary N) is 2. The SMILES string of the molecule is COc1cc(C=C2NC(=S)NC2=O)cc([N+](=O)[O-])c1O. The molecule has 0 spiro atoms. The van der Waals surface area contributed by atoms with Crippen molar-refractivity contribution >= 4 is 35.0 Å². The number of thiocarbonyl (C=S) groups is 1. The fourth-order valence-corrected chi connectivity index (χ4v) is 1.84. The van der Waals surface area contributed by atoms with Crippen LogP contribution in [0.15, 0.2) is 17.8 Å². The number of aromatic hydroxyl groups is 1. The Kier molecular flexibility index (Phi) is 3.53. The summed E-state index contributed by atoms with van der Waals surface area (Å²) in [5.74, 6) is -1.07. The maximum atomic E-state index is 11.5. The lowest BCUT2D eigenvalue weighted by Gasteiger charge is -2.05.